The van der Waals surface area contributed by atoms with E-state index in [9.17, 15) is 5.11 Å². The monoisotopic (exact) mass is 152 g/mol. The van der Waals surface area contributed by atoms with Crippen LogP contribution in [0.4, 0.5) is 0 Å². The molecular formula is C10H16O. The lowest BCUT2D eigenvalue weighted by molar-refractivity contribution is 0.137. The minimum absolute atomic E-state index is 0.162. The molecule has 0 aromatic rings. The molecule has 1 rings (SSSR count). The van der Waals surface area contributed by atoms with Crippen LogP contribution in [0.25, 0.3) is 0 Å². The fourth-order valence-electron chi connectivity index (χ4n) is 1.31. The zero-order valence-electron chi connectivity index (χ0n) is 7.03. The first-order valence-electron chi connectivity index (χ1n) is 4.37. The number of unbranched alkanes of at least 4 members (excludes halogenated alkanes) is 1. The lowest BCUT2D eigenvalue weighted by atomic mass is 10.00. The summed E-state index contributed by atoms with van der Waals surface area (Å²) < 4.78 is 0. The fourth-order valence-corrected chi connectivity index (χ4v) is 1.31. The van der Waals surface area contributed by atoms with E-state index in [1.807, 2.05) is 12.2 Å². The van der Waals surface area contributed by atoms with Crippen molar-refractivity contribution in [1.29, 1.82) is 0 Å². The van der Waals surface area contributed by atoms with Crippen LogP contribution in [0.3, 0.4) is 0 Å². The first kappa shape index (κ1) is 8.54. The Balaban J connectivity index is 2.24. The average molecular weight is 152 g/mol. The Morgan fingerprint density at radius 2 is 2.00 bits per heavy atom. The Morgan fingerprint density at radius 3 is 2.55 bits per heavy atom. The van der Waals surface area contributed by atoms with Gasteiger partial charge in [-0.2, -0.15) is 0 Å². The third-order valence-corrected chi connectivity index (χ3v) is 2.08. The van der Waals surface area contributed by atoms with Gasteiger partial charge in [-0.3, -0.25) is 0 Å². The van der Waals surface area contributed by atoms with Gasteiger partial charge in [0.05, 0.1) is 6.10 Å². The summed E-state index contributed by atoms with van der Waals surface area (Å²) >= 11 is 0. The SMILES string of the molecule is CCCCC(O)C1C=CC=C1. The van der Waals surface area contributed by atoms with Crippen molar-refractivity contribution in [2.75, 3.05) is 0 Å². The molecule has 0 saturated carbocycles. The van der Waals surface area contributed by atoms with Gasteiger partial charge in [0.25, 0.3) is 0 Å². The summed E-state index contributed by atoms with van der Waals surface area (Å²) in [6.07, 6.45) is 11.2. The molecule has 0 aromatic carbocycles. The highest BCUT2D eigenvalue weighted by Gasteiger charge is 2.13. The van der Waals surface area contributed by atoms with Gasteiger partial charge >= 0.3 is 0 Å². The summed E-state index contributed by atoms with van der Waals surface area (Å²) in [5, 5.41) is 9.58. The summed E-state index contributed by atoms with van der Waals surface area (Å²) in [4.78, 5) is 0. The van der Waals surface area contributed by atoms with E-state index in [-0.39, 0.29) is 12.0 Å². The quantitative estimate of drug-likeness (QED) is 0.655. The van der Waals surface area contributed by atoms with Gasteiger partial charge in [0.1, 0.15) is 0 Å². The van der Waals surface area contributed by atoms with E-state index in [4.69, 9.17) is 0 Å². The van der Waals surface area contributed by atoms with Crippen LogP contribution in [0.1, 0.15) is 26.2 Å². The molecule has 1 unspecified atom stereocenters. The lowest BCUT2D eigenvalue weighted by Gasteiger charge is -2.13. The second kappa shape index (κ2) is 4.35. The van der Waals surface area contributed by atoms with Gasteiger partial charge in [-0.05, 0) is 6.42 Å². The Labute approximate surface area is 68.4 Å². The normalized spacial score (nSPS) is 19.5. The number of allylic oxidation sites excluding steroid dienone is 2. The van der Waals surface area contributed by atoms with Crippen LogP contribution in [0.2, 0.25) is 0 Å². The van der Waals surface area contributed by atoms with Crippen molar-refractivity contribution in [3.8, 4) is 0 Å². The molecule has 0 fully saturated rings. The van der Waals surface area contributed by atoms with E-state index < -0.39 is 0 Å². The van der Waals surface area contributed by atoms with E-state index in [0.717, 1.165) is 19.3 Å². The average Bonchev–Trinajstić information content (AvgIpc) is 2.52. The van der Waals surface area contributed by atoms with Crippen molar-refractivity contribution in [2.45, 2.75) is 32.3 Å². The highest BCUT2D eigenvalue weighted by molar-refractivity contribution is 5.18. The molecule has 0 amide bonds. The molecule has 1 heteroatoms. The first-order chi connectivity index (χ1) is 5.34. The maximum atomic E-state index is 9.58. The molecule has 0 aliphatic heterocycles. The molecule has 1 atom stereocenters. The summed E-state index contributed by atoms with van der Waals surface area (Å²) in [7, 11) is 0. The van der Waals surface area contributed by atoms with Crippen molar-refractivity contribution in [2.24, 2.45) is 5.92 Å². The molecule has 1 nitrogen and oxygen atoms in total. The van der Waals surface area contributed by atoms with E-state index in [1.54, 1.807) is 0 Å². The number of aliphatic hydroxyl groups excluding tert-OH is 1. The number of rotatable bonds is 4. The fraction of sp³-hybridized carbons (Fsp3) is 0.600. The van der Waals surface area contributed by atoms with Crippen molar-refractivity contribution in [1.82, 2.24) is 0 Å². The summed E-state index contributed by atoms with van der Waals surface area (Å²) in [6.45, 7) is 2.15. The molecule has 0 spiro atoms. The predicted octanol–water partition coefficient (Wildman–Crippen LogP) is 2.28. The Kier molecular flexibility index (Phi) is 3.37. The number of aliphatic hydroxyl groups is 1. The van der Waals surface area contributed by atoms with Crippen molar-refractivity contribution in [3.63, 3.8) is 0 Å². The van der Waals surface area contributed by atoms with E-state index in [0.29, 0.717) is 0 Å². The maximum absolute atomic E-state index is 9.58. The molecule has 0 aromatic heterocycles. The summed E-state index contributed by atoms with van der Waals surface area (Å²) in [6, 6.07) is 0. The third-order valence-electron chi connectivity index (χ3n) is 2.08. The molecule has 0 heterocycles. The molecule has 62 valence electrons. The lowest BCUT2D eigenvalue weighted by Crippen LogP contribution is -2.15. The molecular weight excluding hydrogens is 136 g/mol. The predicted molar refractivity (Wildman–Crippen MR) is 47.3 cm³/mol. The Hall–Kier alpha value is -0.560. The minimum atomic E-state index is -0.162. The standard InChI is InChI=1S/C10H16O/c1-2-3-8-10(11)9-6-4-5-7-9/h4-7,9-11H,2-3,8H2,1H3. The van der Waals surface area contributed by atoms with Gasteiger partial charge in [0.15, 0.2) is 0 Å². The van der Waals surface area contributed by atoms with Crippen LogP contribution >= 0.6 is 0 Å². The van der Waals surface area contributed by atoms with Gasteiger partial charge in [0, 0.05) is 5.92 Å². The second-order valence-corrected chi connectivity index (χ2v) is 3.06. The Bertz CT molecular complexity index is 146. The van der Waals surface area contributed by atoms with E-state index in [1.165, 1.54) is 0 Å². The molecule has 1 aliphatic carbocycles. The zero-order valence-corrected chi connectivity index (χ0v) is 7.03. The largest absolute Gasteiger partial charge is 0.392 e. The van der Waals surface area contributed by atoms with Gasteiger partial charge in [0.2, 0.25) is 0 Å². The molecule has 0 bridgehead atoms. The smallest absolute Gasteiger partial charge is 0.0637 e. The van der Waals surface area contributed by atoms with Crippen LogP contribution in [0.15, 0.2) is 24.3 Å². The van der Waals surface area contributed by atoms with Crippen LogP contribution in [-0.2, 0) is 0 Å². The van der Waals surface area contributed by atoms with Crippen LogP contribution in [0.5, 0.6) is 0 Å². The zero-order chi connectivity index (χ0) is 8.10. The van der Waals surface area contributed by atoms with Crippen LogP contribution in [0, 0.1) is 5.92 Å². The topological polar surface area (TPSA) is 20.2 Å². The molecule has 11 heavy (non-hydrogen) atoms. The van der Waals surface area contributed by atoms with E-state index >= 15 is 0 Å². The van der Waals surface area contributed by atoms with Crippen molar-refractivity contribution in [3.05, 3.63) is 24.3 Å². The van der Waals surface area contributed by atoms with Crippen molar-refractivity contribution >= 4 is 0 Å². The number of hydrogen-bond acceptors (Lipinski definition) is 1. The summed E-state index contributed by atoms with van der Waals surface area (Å²) in [5.41, 5.74) is 0. The highest BCUT2D eigenvalue weighted by Crippen LogP contribution is 2.17. The second-order valence-electron chi connectivity index (χ2n) is 3.06. The Morgan fingerprint density at radius 1 is 1.36 bits per heavy atom. The summed E-state index contributed by atoms with van der Waals surface area (Å²) in [5.74, 6) is 0.279. The van der Waals surface area contributed by atoms with Gasteiger partial charge in [-0.25, -0.2) is 0 Å². The molecule has 1 aliphatic rings. The molecule has 0 radical (unpaired) electrons. The van der Waals surface area contributed by atoms with Gasteiger partial charge < -0.3 is 5.11 Å². The van der Waals surface area contributed by atoms with Crippen LogP contribution < -0.4 is 0 Å². The molecule has 0 saturated heterocycles. The first-order valence-corrected chi connectivity index (χ1v) is 4.37. The molecule has 1 N–H and O–H groups in total. The van der Waals surface area contributed by atoms with E-state index in [2.05, 4.69) is 19.1 Å². The highest BCUT2D eigenvalue weighted by atomic mass is 16.3. The van der Waals surface area contributed by atoms with Gasteiger partial charge in [-0.1, -0.05) is 44.1 Å². The maximum Gasteiger partial charge on any atom is 0.0637 e. The van der Waals surface area contributed by atoms with Crippen molar-refractivity contribution < 1.29 is 5.11 Å². The number of hydrogen-bond donors (Lipinski definition) is 1. The minimum Gasteiger partial charge on any atom is -0.392 e. The van der Waals surface area contributed by atoms with Gasteiger partial charge in [-0.15, -0.1) is 0 Å². The van der Waals surface area contributed by atoms with Crippen LogP contribution in [-0.4, -0.2) is 11.2 Å². The third kappa shape index (κ3) is 2.51.